The lowest BCUT2D eigenvalue weighted by Crippen LogP contribution is -2.13. The Balaban J connectivity index is 2.17. The van der Waals surface area contributed by atoms with Gasteiger partial charge in [-0.1, -0.05) is 6.07 Å². The topological polar surface area (TPSA) is 48.1 Å². The Labute approximate surface area is 77.2 Å². The Morgan fingerprint density at radius 2 is 2.38 bits per heavy atom. The van der Waals surface area contributed by atoms with E-state index in [1.165, 1.54) is 0 Å². The van der Waals surface area contributed by atoms with Crippen molar-refractivity contribution in [2.45, 2.75) is 12.5 Å². The van der Waals surface area contributed by atoms with E-state index in [0.29, 0.717) is 0 Å². The van der Waals surface area contributed by atoms with Gasteiger partial charge in [0.25, 0.3) is 0 Å². The van der Waals surface area contributed by atoms with Crippen molar-refractivity contribution in [3.05, 3.63) is 41.9 Å². The monoisotopic (exact) mass is 176 g/mol. The van der Waals surface area contributed by atoms with Gasteiger partial charge in [0.2, 0.25) is 0 Å². The van der Waals surface area contributed by atoms with Crippen molar-refractivity contribution >= 4 is 0 Å². The summed E-state index contributed by atoms with van der Waals surface area (Å²) in [5.74, 6) is 0. The predicted molar refractivity (Wildman–Crippen MR) is 49.8 cm³/mol. The van der Waals surface area contributed by atoms with E-state index in [9.17, 15) is 0 Å². The molecule has 0 amide bonds. The van der Waals surface area contributed by atoms with Crippen LogP contribution < -0.4 is 5.73 Å². The number of ether oxygens (including phenoxy) is 1. The third-order valence-corrected chi connectivity index (χ3v) is 2.15. The molecule has 0 radical (unpaired) electrons. The highest BCUT2D eigenvalue weighted by Crippen LogP contribution is 2.23. The van der Waals surface area contributed by atoms with E-state index in [1.807, 2.05) is 18.2 Å². The van der Waals surface area contributed by atoms with Crippen molar-refractivity contribution in [3.63, 3.8) is 0 Å². The molecule has 0 aliphatic carbocycles. The number of rotatable bonds is 2. The van der Waals surface area contributed by atoms with Crippen LogP contribution in [0.25, 0.3) is 0 Å². The first-order valence-electron chi connectivity index (χ1n) is 4.35. The lowest BCUT2D eigenvalue weighted by atomic mass is 10.0. The minimum Gasteiger partial charge on any atom is -0.501 e. The number of hydrogen-bond acceptors (Lipinski definition) is 3. The Bertz CT molecular complexity index is 308. The normalized spacial score (nSPS) is 17.8. The molecule has 2 heterocycles. The molecule has 0 bridgehead atoms. The molecule has 1 aromatic rings. The van der Waals surface area contributed by atoms with Gasteiger partial charge in [0.1, 0.15) is 0 Å². The Morgan fingerprint density at radius 3 is 3.00 bits per heavy atom. The maximum absolute atomic E-state index is 5.99. The molecule has 1 unspecified atom stereocenters. The molecule has 3 heteroatoms. The lowest BCUT2D eigenvalue weighted by Gasteiger charge is -2.09. The molecule has 68 valence electrons. The highest BCUT2D eigenvalue weighted by atomic mass is 16.5. The first kappa shape index (κ1) is 8.26. The van der Waals surface area contributed by atoms with Crippen LogP contribution >= 0.6 is 0 Å². The molecule has 0 fully saturated rings. The van der Waals surface area contributed by atoms with E-state index in [4.69, 9.17) is 10.5 Å². The molecular formula is C10H12N2O. The maximum Gasteiger partial charge on any atom is 0.0912 e. The van der Waals surface area contributed by atoms with Crippen LogP contribution in [0.4, 0.5) is 0 Å². The van der Waals surface area contributed by atoms with Crippen LogP contribution in [0.1, 0.15) is 18.2 Å². The molecule has 3 nitrogen and oxygen atoms in total. The van der Waals surface area contributed by atoms with Gasteiger partial charge in [-0.05, 0) is 17.7 Å². The molecule has 2 N–H and O–H groups in total. The van der Waals surface area contributed by atoms with Crippen molar-refractivity contribution in [1.29, 1.82) is 0 Å². The average molecular weight is 176 g/mol. The van der Waals surface area contributed by atoms with Crippen molar-refractivity contribution < 1.29 is 4.74 Å². The molecule has 1 atom stereocenters. The summed E-state index contributed by atoms with van der Waals surface area (Å²) in [6.07, 6.45) is 4.42. The fourth-order valence-corrected chi connectivity index (χ4v) is 1.38. The second-order valence-electron chi connectivity index (χ2n) is 3.05. The van der Waals surface area contributed by atoms with Gasteiger partial charge in [-0.3, -0.25) is 4.98 Å². The first-order chi connectivity index (χ1) is 6.38. The van der Waals surface area contributed by atoms with Crippen LogP contribution in [0.15, 0.2) is 36.2 Å². The summed E-state index contributed by atoms with van der Waals surface area (Å²) in [6, 6.07) is 5.65. The molecule has 1 aliphatic heterocycles. The Kier molecular flexibility index (Phi) is 2.27. The lowest BCUT2D eigenvalue weighted by molar-refractivity contribution is 0.281. The molecule has 0 spiro atoms. The Hall–Kier alpha value is -1.35. The van der Waals surface area contributed by atoms with E-state index < -0.39 is 0 Å². The van der Waals surface area contributed by atoms with Crippen LogP contribution in [0.5, 0.6) is 0 Å². The Morgan fingerprint density at radius 1 is 1.46 bits per heavy atom. The molecular weight excluding hydrogens is 164 g/mol. The summed E-state index contributed by atoms with van der Waals surface area (Å²) < 4.78 is 5.13. The van der Waals surface area contributed by atoms with Crippen molar-refractivity contribution in [3.8, 4) is 0 Å². The van der Waals surface area contributed by atoms with Crippen LogP contribution in [-0.4, -0.2) is 11.6 Å². The third-order valence-electron chi connectivity index (χ3n) is 2.15. The van der Waals surface area contributed by atoms with Gasteiger partial charge in [-0.15, -0.1) is 0 Å². The summed E-state index contributed by atoms with van der Waals surface area (Å²) in [6.45, 7) is 0.746. The fourth-order valence-electron chi connectivity index (χ4n) is 1.38. The van der Waals surface area contributed by atoms with E-state index >= 15 is 0 Å². The zero-order valence-electron chi connectivity index (χ0n) is 7.31. The zero-order chi connectivity index (χ0) is 9.10. The van der Waals surface area contributed by atoms with Gasteiger partial charge in [0.05, 0.1) is 24.6 Å². The predicted octanol–water partition coefficient (Wildman–Crippen LogP) is 1.39. The number of pyridine rings is 1. The average Bonchev–Trinajstić information content (AvgIpc) is 2.71. The highest BCUT2D eigenvalue weighted by molar-refractivity contribution is 5.21. The summed E-state index contributed by atoms with van der Waals surface area (Å²) in [5, 5.41) is 0. The van der Waals surface area contributed by atoms with E-state index in [1.54, 1.807) is 12.5 Å². The van der Waals surface area contributed by atoms with E-state index in [-0.39, 0.29) is 6.04 Å². The second-order valence-corrected chi connectivity index (χ2v) is 3.05. The molecule has 1 aromatic heterocycles. The SMILES string of the molecule is NC(C1=COCC1)c1ccccn1. The van der Waals surface area contributed by atoms with Crippen LogP contribution in [0, 0.1) is 0 Å². The first-order valence-corrected chi connectivity index (χ1v) is 4.35. The largest absolute Gasteiger partial charge is 0.501 e. The van der Waals surface area contributed by atoms with Crippen molar-refractivity contribution in [2.24, 2.45) is 5.73 Å². The smallest absolute Gasteiger partial charge is 0.0912 e. The molecule has 0 aromatic carbocycles. The zero-order valence-corrected chi connectivity index (χ0v) is 7.31. The highest BCUT2D eigenvalue weighted by Gasteiger charge is 2.16. The van der Waals surface area contributed by atoms with Gasteiger partial charge in [-0.2, -0.15) is 0 Å². The molecule has 13 heavy (non-hydrogen) atoms. The molecule has 2 rings (SSSR count). The molecule has 0 saturated carbocycles. The van der Waals surface area contributed by atoms with Gasteiger partial charge >= 0.3 is 0 Å². The minimum absolute atomic E-state index is 0.108. The summed E-state index contributed by atoms with van der Waals surface area (Å²) in [4.78, 5) is 4.20. The van der Waals surface area contributed by atoms with Crippen molar-refractivity contribution in [1.82, 2.24) is 4.98 Å². The summed E-state index contributed by atoms with van der Waals surface area (Å²) >= 11 is 0. The maximum atomic E-state index is 5.99. The minimum atomic E-state index is -0.108. The van der Waals surface area contributed by atoms with Gasteiger partial charge < -0.3 is 10.5 Å². The van der Waals surface area contributed by atoms with Crippen molar-refractivity contribution in [2.75, 3.05) is 6.61 Å². The number of nitrogens with two attached hydrogens (primary N) is 1. The second kappa shape index (κ2) is 3.58. The third kappa shape index (κ3) is 1.70. The number of nitrogens with zero attached hydrogens (tertiary/aromatic N) is 1. The molecule has 1 aliphatic rings. The van der Waals surface area contributed by atoms with Gasteiger partial charge in [0, 0.05) is 12.6 Å². The number of hydrogen-bond donors (Lipinski definition) is 1. The standard InChI is InChI=1S/C10H12N2O/c11-10(8-4-6-13-7-8)9-3-1-2-5-12-9/h1-3,5,7,10H,4,6,11H2. The fraction of sp³-hybridized carbons (Fsp3) is 0.300. The van der Waals surface area contributed by atoms with E-state index in [0.717, 1.165) is 24.3 Å². The van der Waals surface area contributed by atoms with Crippen LogP contribution in [0.2, 0.25) is 0 Å². The summed E-state index contributed by atoms with van der Waals surface area (Å²) in [5.41, 5.74) is 8.02. The number of aromatic nitrogens is 1. The van der Waals surface area contributed by atoms with Crippen LogP contribution in [0.3, 0.4) is 0 Å². The van der Waals surface area contributed by atoms with Crippen LogP contribution in [-0.2, 0) is 4.74 Å². The van der Waals surface area contributed by atoms with Gasteiger partial charge in [0.15, 0.2) is 0 Å². The molecule has 0 saturated heterocycles. The quantitative estimate of drug-likeness (QED) is 0.740. The van der Waals surface area contributed by atoms with Gasteiger partial charge in [-0.25, -0.2) is 0 Å². The summed E-state index contributed by atoms with van der Waals surface area (Å²) in [7, 11) is 0. The van der Waals surface area contributed by atoms with E-state index in [2.05, 4.69) is 4.98 Å².